The Labute approximate surface area is 125 Å². The van der Waals surface area contributed by atoms with Crippen LogP contribution in [-0.2, 0) is 12.6 Å². The van der Waals surface area contributed by atoms with Crippen LogP contribution in [0.4, 0.5) is 13.2 Å². The number of rotatable bonds is 6. The van der Waals surface area contributed by atoms with Crippen LogP contribution in [-0.4, -0.2) is 16.5 Å². The lowest BCUT2D eigenvalue weighted by Gasteiger charge is -2.16. The van der Waals surface area contributed by atoms with Crippen LogP contribution >= 0.6 is 11.3 Å². The van der Waals surface area contributed by atoms with Gasteiger partial charge in [-0.2, -0.15) is 13.2 Å². The molecule has 2 heterocycles. The molecule has 0 aliphatic carbocycles. The fourth-order valence-electron chi connectivity index (χ4n) is 1.90. The Morgan fingerprint density at radius 1 is 1.29 bits per heavy atom. The SMILES string of the molecule is CCCNC(Cc1ccccn1)c1cnc(C(F)(F)F)s1. The highest BCUT2D eigenvalue weighted by molar-refractivity contribution is 7.11. The minimum Gasteiger partial charge on any atom is -0.309 e. The largest absolute Gasteiger partial charge is 0.443 e. The summed E-state index contributed by atoms with van der Waals surface area (Å²) < 4.78 is 38.0. The van der Waals surface area contributed by atoms with E-state index in [4.69, 9.17) is 0 Å². The third kappa shape index (κ3) is 4.50. The van der Waals surface area contributed by atoms with Crippen LogP contribution < -0.4 is 5.32 Å². The number of alkyl halides is 3. The molecule has 0 radical (unpaired) electrons. The van der Waals surface area contributed by atoms with Gasteiger partial charge in [0.15, 0.2) is 5.01 Å². The second kappa shape index (κ2) is 7.00. The van der Waals surface area contributed by atoms with E-state index in [1.165, 1.54) is 6.20 Å². The number of hydrogen-bond acceptors (Lipinski definition) is 4. The maximum absolute atomic E-state index is 12.7. The highest BCUT2D eigenvalue weighted by atomic mass is 32.1. The Kier molecular flexibility index (Phi) is 5.30. The highest BCUT2D eigenvalue weighted by Crippen LogP contribution is 2.34. The maximum atomic E-state index is 12.7. The smallest absolute Gasteiger partial charge is 0.309 e. The summed E-state index contributed by atoms with van der Waals surface area (Å²) in [5.41, 5.74) is 0.841. The Morgan fingerprint density at radius 2 is 2.10 bits per heavy atom. The first-order valence-electron chi connectivity index (χ1n) is 6.67. The molecule has 0 saturated heterocycles. The van der Waals surface area contributed by atoms with Crippen LogP contribution in [0, 0.1) is 0 Å². The first-order chi connectivity index (χ1) is 10.0. The van der Waals surface area contributed by atoms with Crippen LogP contribution in [0.15, 0.2) is 30.6 Å². The third-order valence-electron chi connectivity index (χ3n) is 2.89. The van der Waals surface area contributed by atoms with Gasteiger partial charge in [-0.3, -0.25) is 4.98 Å². The van der Waals surface area contributed by atoms with Crippen LogP contribution in [0.1, 0.15) is 35.0 Å². The minimum absolute atomic E-state index is 0.201. The van der Waals surface area contributed by atoms with Crippen LogP contribution in [0.5, 0.6) is 0 Å². The molecule has 0 aliphatic rings. The molecule has 2 aromatic heterocycles. The average Bonchev–Trinajstić information content (AvgIpc) is 2.94. The molecule has 21 heavy (non-hydrogen) atoms. The predicted octanol–water partition coefficient (Wildman–Crippen LogP) is 3.84. The number of nitrogens with zero attached hydrogens (tertiary/aromatic N) is 2. The van der Waals surface area contributed by atoms with Crippen molar-refractivity contribution in [1.82, 2.24) is 15.3 Å². The van der Waals surface area contributed by atoms with Crippen molar-refractivity contribution in [3.63, 3.8) is 0 Å². The van der Waals surface area contributed by atoms with Gasteiger partial charge in [-0.05, 0) is 25.1 Å². The fourth-order valence-corrected chi connectivity index (χ4v) is 2.76. The van der Waals surface area contributed by atoms with Crippen molar-refractivity contribution in [2.45, 2.75) is 32.0 Å². The van der Waals surface area contributed by atoms with Crippen LogP contribution in [0.2, 0.25) is 0 Å². The lowest BCUT2D eigenvalue weighted by molar-refractivity contribution is -0.137. The monoisotopic (exact) mass is 315 g/mol. The summed E-state index contributed by atoms with van der Waals surface area (Å²) in [5.74, 6) is 0. The molecule has 1 atom stereocenters. The molecule has 0 saturated carbocycles. The van der Waals surface area contributed by atoms with Crippen molar-refractivity contribution >= 4 is 11.3 Å². The maximum Gasteiger partial charge on any atom is 0.443 e. The van der Waals surface area contributed by atoms with E-state index >= 15 is 0 Å². The number of hydrogen-bond donors (Lipinski definition) is 1. The van der Waals surface area contributed by atoms with Gasteiger partial charge in [0.2, 0.25) is 0 Å². The van der Waals surface area contributed by atoms with Crippen molar-refractivity contribution in [3.05, 3.63) is 46.2 Å². The van der Waals surface area contributed by atoms with E-state index in [9.17, 15) is 13.2 Å². The molecule has 0 fully saturated rings. The minimum atomic E-state index is -4.39. The quantitative estimate of drug-likeness (QED) is 0.880. The van der Waals surface area contributed by atoms with Crippen molar-refractivity contribution in [2.75, 3.05) is 6.54 Å². The van der Waals surface area contributed by atoms with Crippen molar-refractivity contribution in [1.29, 1.82) is 0 Å². The molecule has 7 heteroatoms. The fraction of sp³-hybridized carbons (Fsp3) is 0.429. The molecule has 0 aromatic carbocycles. The number of aromatic nitrogens is 2. The zero-order chi connectivity index (χ0) is 15.3. The lowest BCUT2D eigenvalue weighted by Crippen LogP contribution is -2.23. The summed E-state index contributed by atoms with van der Waals surface area (Å²) in [6, 6.07) is 5.35. The normalized spacial score (nSPS) is 13.3. The molecule has 0 bridgehead atoms. The third-order valence-corrected chi connectivity index (χ3v) is 4.05. The molecule has 1 N–H and O–H groups in total. The molecule has 0 aliphatic heterocycles. The van der Waals surface area contributed by atoms with E-state index in [-0.39, 0.29) is 6.04 Å². The van der Waals surface area contributed by atoms with Gasteiger partial charge < -0.3 is 5.32 Å². The van der Waals surface area contributed by atoms with Crippen molar-refractivity contribution < 1.29 is 13.2 Å². The van der Waals surface area contributed by atoms with E-state index in [2.05, 4.69) is 15.3 Å². The number of thiazole rings is 1. The predicted molar refractivity (Wildman–Crippen MR) is 76.1 cm³/mol. The summed E-state index contributed by atoms with van der Waals surface area (Å²) >= 11 is 0.691. The average molecular weight is 315 g/mol. The van der Waals surface area contributed by atoms with E-state index in [0.717, 1.165) is 18.7 Å². The molecule has 2 aromatic rings. The number of pyridine rings is 1. The Morgan fingerprint density at radius 3 is 2.67 bits per heavy atom. The lowest BCUT2D eigenvalue weighted by atomic mass is 10.1. The summed E-state index contributed by atoms with van der Waals surface area (Å²) in [5, 5.41) is 2.46. The number of halogens is 3. The van der Waals surface area contributed by atoms with Gasteiger partial charge in [-0.15, -0.1) is 11.3 Å². The van der Waals surface area contributed by atoms with E-state index in [1.807, 2.05) is 25.1 Å². The van der Waals surface area contributed by atoms with Crippen LogP contribution in [0.25, 0.3) is 0 Å². The zero-order valence-electron chi connectivity index (χ0n) is 11.5. The van der Waals surface area contributed by atoms with Gasteiger partial charge >= 0.3 is 6.18 Å². The molecular weight excluding hydrogens is 299 g/mol. The van der Waals surface area contributed by atoms with Gasteiger partial charge in [0.1, 0.15) is 0 Å². The zero-order valence-corrected chi connectivity index (χ0v) is 12.3. The van der Waals surface area contributed by atoms with E-state index in [0.29, 0.717) is 22.6 Å². The molecular formula is C14H16F3N3S. The summed E-state index contributed by atoms with van der Waals surface area (Å²) in [6.45, 7) is 2.75. The Bertz CT molecular complexity index is 554. The Balaban J connectivity index is 2.17. The first-order valence-corrected chi connectivity index (χ1v) is 7.48. The second-order valence-corrected chi connectivity index (χ2v) is 5.66. The van der Waals surface area contributed by atoms with Gasteiger partial charge in [-0.1, -0.05) is 13.0 Å². The summed E-state index contributed by atoms with van der Waals surface area (Å²) in [7, 11) is 0. The summed E-state index contributed by atoms with van der Waals surface area (Å²) in [6.07, 6.45) is 0.0526. The van der Waals surface area contributed by atoms with Gasteiger partial charge in [0.25, 0.3) is 0 Å². The second-order valence-electron chi connectivity index (χ2n) is 4.60. The van der Waals surface area contributed by atoms with Gasteiger partial charge in [0.05, 0.1) is 0 Å². The van der Waals surface area contributed by atoms with Crippen molar-refractivity contribution in [3.8, 4) is 0 Å². The highest BCUT2D eigenvalue weighted by Gasteiger charge is 2.35. The number of nitrogens with one attached hydrogen (secondary N) is 1. The van der Waals surface area contributed by atoms with Crippen LogP contribution in [0.3, 0.4) is 0 Å². The molecule has 1 unspecified atom stereocenters. The van der Waals surface area contributed by atoms with Crippen molar-refractivity contribution in [2.24, 2.45) is 0 Å². The van der Waals surface area contributed by atoms with Gasteiger partial charge in [-0.25, -0.2) is 4.98 Å². The molecule has 2 rings (SSSR count). The van der Waals surface area contributed by atoms with E-state index in [1.54, 1.807) is 6.20 Å². The molecule has 3 nitrogen and oxygen atoms in total. The molecule has 114 valence electrons. The standard InChI is InChI=1S/C14H16F3N3S/c1-2-6-19-11(8-10-5-3-4-7-18-10)12-9-20-13(21-12)14(15,16)17/h3-5,7,9,11,19H,2,6,8H2,1H3. The molecule has 0 spiro atoms. The van der Waals surface area contributed by atoms with E-state index < -0.39 is 11.2 Å². The Hall–Kier alpha value is -1.47. The topological polar surface area (TPSA) is 37.8 Å². The molecule has 0 amide bonds. The summed E-state index contributed by atoms with van der Waals surface area (Å²) in [4.78, 5) is 8.31. The van der Waals surface area contributed by atoms with Gasteiger partial charge in [0, 0.05) is 35.4 Å². The first kappa shape index (κ1) is 15.9.